The number of methoxy groups -OCH3 is 1. The molecule has 0 aromatic heterocycles. The van der Waals surface area contributed by atoms with E-state index in [0.717, 1.165) is 31.3 Å². The molecule has 1 aromatic rings. The minimum absolute atomic E-state index is 0.358. The van der Waals surface area contributed by atoms with Gasteiger partial charge in [0.2, 0.25) is 0 Å². The van der Waals surface area contributed by atoms with Crippen LogP contribution in [0.4, 0.5) is 0 Å². The van der Waals surface area contributed by atoms with Gasteiger partial charge in [0.1, 0.15) is 6.61 Å². The van der Waals surface area contributed by atoms with E-state index >= 15 is 0 Å². The third-order valence-electron chi connectivity index (χ3n) is 3.14. The molecule has 0 fully saturated rings. The highest BCUT2D eigenvalue weighted by atomic mass is 16.5. The summed E-state index contributed by atoms with van der Waals surface area (Å²) in [6.45, 7) is 9.28. The highest BCUT2D eigenvalue weighted by Crippen LogP contribution is 2.25. The fourth-order valence-corrected chi connectivity index (χ4v) is 1.88. The molecule has 0 saturated carbocycles. The van der Waals surface area contributed by atoms with Crippen LogP contribution in [0.3, 0.4) is 0 Å². The van der Waals surface area contributed by atoms with Crippen LogP contribution in [0.15, 0.2) is 24.3 Å². The van der Waals surface area contributed by atoms with Gasteiger partial charge >= 0.3 is 0 Å². The van der Waals surface area contributed by atoms with E-state index in [-0.39, 0.29) is 0 Å². The molecule has 1 aromatic carbocycles. The molecule has 0 aliphatic carbocycles. The highest BCUT2D eigenvalue weighted by Gasteiger charge is 2.12. The topological polar surface area (TPSA) is 39.7 Å². The van der Waals surface area contributed by atoms with Gasteiger partial charge in [-0.2, -0.15) is 0 Å². The van der Waals surface area contributed by atoms with Crippen molar-refractivity contribution in [2.24, 2.45) is 5.92 Å². The molecule has 4 heteroatoms. The number of benzene rings is 1. The molecule has 0 saturated heterocycles. The van der Waals surface area contributed by atoms with Gasteiger partial charge < -0.3 is 19.5 Å². The average Bonchev–Trinajstić information content (AvgIpc) is 2.46. The van der Waals surface area contributed by atoms with Crippen molar-refractivity contribution in [2.45, 2.75) is 26.8 Å². The van der Waals surface area contributed by atoms with Crippen LogP contribution >= 0.6 is 0 Å². The number of ether oxygens (including phenoxy) is 3. The van der Waals surface area contributed by atoms with Crippen LogP contribution in [0, 0.1) is 5.92 Å². The normalized spacial score (nSPS) is 12.4. The number of para-hydroxylation sites is 2. The Bertz CT molecular complexity index is 368. The monoisotopic (exact) mass is 281 g/mol. The Morgan fingerprint density at radius 1 is 1.15 bits per heavy atom. The van der Waals surface area contributed by atoms with Crippen molar-refractivity contribution in [3.8, 4) is 11.5 Å². The van der Waals surface area contributed by atoms with Crippen LogP contribution in [0.5, 0.6) is 11.5 Å². The zero-order chi connectivity index (χ0) is 14.8. The maximum atomic E-state index is 5.73. The lowest BCUT2D eigenvalue weighted by Gasteiger charge is -2.22. The third-order valence-corrected chi connectivity index (χ3v) is 3.14. The maximum Gasteiger partial charge on any atom is 0.161 e. The lowest BCUT2D eigenvalue weighted by Crippen LogP contribution is -2.40. The Morgan fingerprint density at radius 2 is 1.85 bits per heavy atom. The quantitative estimate of drug-likeness (QED) is 0.669. The predicted octanol–water partition coefficient (Wildman–Crippen LogP) is 2.72. The summed E-state index contributed by atoms with van der Waals surface area (Å²) < 4.78 is 16.5. The van der Waals surface area contributed by atoms with Gasteiger partial charge in [0.25, 0.3) is 0 Å². The summed E-state index contributed by atoms with van der Waals surface area (Å²) in [7, 11) is 1.65. The summed E-state index contributed by atoms with van der Waals surface area (Å²) >= 11 is 0. The molecule has 0 radical (unpaired) electrons. The molecule has 4 nitrogen and oxygen atoms in total. The van der Waals surface area contributed by atoms with Crippen molar-refractivity contribution in [1.82, 2.24) is 5.32 Å². The standard InChI is InChI=1S/C16H27NO3/c1-5-19-12-14(13(2)3)17-10-11-20-16-9-7-6-8-15(16)18-4/h6-9,13-14,17H,5,10-12H2,1-4H3. The van der Waals surface area contributed by atoms with Crippen LogP contribution in [0.25, 0.3) is 0 Å². The summed E-state index contributed by atoms with van der Waals surface area (Å²) in [5, 5.41) is 3.47. The van der Waals surface area contributed by atoms with Gasteiger partial charge in [0.05, 0.1) is 13.7 Å². The van der Waals surface area contributed by atoms with Crippen LogP contribution in [-0.2, 0) is 4.74 Å². The smallest absolute Gasteiger partial charge is 0.161 e. The molecule has 0 aliphatic heterocycles. The van der Waals surface area contributed by atoms with Crippen molar-refractivity contribution in [3.05, 3.63) is 24.3 Å². The Kier molecular flexibility index (Phi) is 8.07. The van der Waals surface area contributed by atoms with Gasteiger partial charge in [-0.3, -0.25) is 0 Å². The summed E-state index contributed by atoms with van der Waals surface area (Å²) in [4.78, 5) is 0. The van der Waals surface area contributed by atoms with Gasteiger partial charge in [-0.1, -0.05) is 26.0 Å². The van der Waals surface area contributed by atoms with Gasteiger partial charge in [0, 0.05) is 19.2 Å². The van der Waals surface area contributed by atoms with E-state index in [9.17, 15) is 0 Å². The lowest BCUT2D eigenvalue weighted by atomic mass is 10.1. The fourth-order valence-electron chi connectivity index (χ4n) is 1.88. The molecule has 0 bridgehead atoms. The van der Waals surface area contributed by atoms with Crippen LogP contribution in [0.1, 0.15) is 20.8 Å². The molecule has 20 heavy (non-hydrogen) atoms. The molecule has 0 amide bonds. The number of rotatable bonds is 10. The number of nitrogens with one attached hydrogen (secondary N) is 1. The summed E-state index contributed by atoms with van der Waals surface area (Å²) in [5.41, 5.74) is 0. The Labute approximate surface area is 122 Å². The van der Waals surface area contributed by atoms with Crippen molar-refractivity contribution in [1.29, 1.82) is 0 Å². The minimum Gasteiger partial charge on any atom is -0.493 e. The van der Waals surface area contributed by atoms with Crippen molar-refractivity contribution >= 4 is 0 Å². The largest absolute Gasteiger partial charge is 0.493 e. The first kappa shape index (κ1) is 16.8. The molecular formula is C16H27NO3. The van der Waals surface area contributed by atoms with E-state index < -0.39 is 0 Å². The van der Waals surface area contributed by atoms with Gasteiger partial charge in [-0.05, 0) is 25.0 Å². The first-order valence-corrected chi connectivity index (χ1v) is 7.26. The Hall–Kier alpha value is -1.26. The molecule has 0 heterocycles. The van der Waals surface area contributed by atoms with Gasteiger partial charge in [-0.15, -0.1) is 0 Å². The van der Waals surface area contributed by atoms with Crippen LogP contribution in [-0.4, -0.2) is 39.5 Å². The first-order valence-electron chi connectivity index (χ1n) is 7.26. The second-order valence-corrected chi connectivity index (χ2v) is 4.96. The Balaban J connectivity index is 2.32. The van der Waals surface area contributed by atoms with E-state index in [2.05, 4.69) is 19.2 Å². The second kappa shape index (κ2) is 9.61. The second-order valence-electron chi connectivity index (χ2n) is 4.96. The van der Waals surface area contributed by atoms with Crippen LogP contribution < -0.4 is 14.8 Å². The molecule has 0 aliphatic rings. The minimum atomic E-state index is 0.358. The van der Waals surface area contributed by atoms with E-state index in [1.54, 1.807) is 7.11 Å². The molecule has 1 rings (SSSR count). The number of hydrogen-bond donors (Lipinski definition) is 1. The molecule has 1 atom stereocenters. The van der Waals surface area contributed by atoms with E-state index in [0.29, 0.717) is 18.6 Å². The molecular weight excluding hydrogens is 254 g/mol. The van der Waals surface area contributed by atoms with E-state index in [1.807, 2.05) is 31.2 Å². The fraction of sp³-hybridized carbons (Fsp3) is 0.625. The maximum absolute atomic E-state index is 5.73. The zero-order valence-corrected chi connectivity index (χ0v) is 13.0. The first-order chi connectivity index (χ1) is 9.69. The van der Waals surface area contributed by atoms with Gasteiger partial charge in [-0.25, -0.2) is 0 Å². The average molecular weight is 281 g/mol. The van der Waals surface area contributed by atoms with E-state index in [1.165, 1.54) is 0 Å². The van der Waals surface area contributed by atoms with Crippen molar-refractivity contribution < 1.29 is 14.2 Å². The molecule has 1 N–H and O–H groups in total. The number of hydrogen-bond acceptors (Lipinski definition) is 4. The van der Waals surface area contributed by atoms with Crippen LogP contribution in [0.2, 0.25) is 0 Å². The predicted molar refractivity (Wildman–Crippen MR) is 81.6 cm³/mol. The molecule has 1 unspecified atom stereocenters. The van der Waals surface area contributed by atoms with Crippen molar-refractivity contribution in [3.63, 3.8) is 0 Å². The molecule has 114 valence electrons. The van der Waals surface area contributed by atoms with Crippen molar-refractivity contribution in [2.75, 3.05) is 33.5 Å². The van der Waals surface area contributed by atoms with Gasteiger partial charge in [0.15, 0.2) is 11.5 Å². The molecule has 0 spiro atoms. The Morgan fingerprint density at radius 3 is 2.45 bits per heavy atom. The SMILES string of the molecule is CCOCC(NCCOc1ccccc1OC)C(C)C. The summed E-state index contributed by atoms with van der Waals surface area (Å²) in [6, 6.07) is 8.04. The zero-order valence-electron chi connectivity index (χ0n) is 13.0. The lowest BCUT2D eigenvalue weighted by molar-refractivity contribution is 0.106. The summed E-state index contributed by atoms with van der Waals surface area (Å²) in [6.07, 6.45) is 0. The highest BCUT2D eigenvalue weighted by molar-refractivity contribution is 5.39. The summed E-state index contributed by atoms with van der Waals surface area (Å²) in [5.74, 6) is 2.08. The third kappa shape index (κ3) is 5.80. The van der Waals surface area contributed by atoms with E-state index in [4.69, 9.17) is 14.2 Å².